The van der Waals surface area contributed by atoms with Crippen LogP contribution < -0.4 is 16.6 Å². The molecule has 0 saturated heterocycles. The number of H-pyrrole nitrogens is 1. The average molecular weight is 423 g/mol. The van der Waals surface area contributed by atoms with E-state index in [9.17, 15) is 24.0 Å². The molecule has 156 valence electrons. The number of aliphatic carboxylic acids is 1. The lowest BCUT2D eigenvalue weighted by Gasteiger charge is -2.12. The Hall–Kier alpha value is -4.38. The van der Waals surface area contributed by atoms with Gasteiger partial charge in [0.1, 0.15) is 28.5 Å². The number of rotatable bonds is 5. The second-order valence-electron chi connectivity index (χ2n) is 6.76. The number of nitrogens with zero attached hydrogens (tertiary/aromatic N) is 1. The molecule has 0 fully saturated rings. The number of carboxylic acid groups (broad SMARTS) is 2. The Balaban J connectivity index is 2.04. The second kappa shape index (κ2) is 7.15. The molecular weight excluding hydrogens is 410 g/mol. The summed E-state index contributed by atoms with van der Waals surface area (Å²) in [6, 6.07) is 4.84. The Bertz CT molecular complexity index is 1500. The topological polar surface area (TPSA) is 194 Å². The Labute approximate surface area is 171 Å². The molecule has 0 amide bonds. The summed E-state index contributed by atoms with van der Waals surface area (Å²) in [7, 11) is 0. The number of carboxylic acids is 2. The van der Waals surface area contributed by atoms with Crippen LogP contribution >= 0.6 is 0 Å². The van der Waals surface area contributed by atoms with Gasteiger partial charge in [-0.2, -0.15) is 0 Å². The predicted octanol–water partition coefficient (Wildman–Crippen LogP) is 0.817. The number of carbonyl (C=O) groups is 3. The smallest absolute Gasteiger partial charge is 0.352 e. The molecule has 1 aromatic heterocycles. The third kappa shape index (κ3) is 3.32. The highest BCUT2D eigenvalue weighted by Gasteiger charge is 2.24. The lowest BCUT2D eigenvalue weighted by atomic mass is 10.0. The molecule has 2 aromatic rings. The normalized spacial score (nSPS) is 12.3. The number of aromatic amines is 1. The number of pyridine rings is 1. The zero-order valence-electron chi connectivity index (χ0n) is 15.5. The third-order valence-corrected chi connectivity index (χ3v) is 4.71. The molecule has 0 radical (unpaired) electrons. The van der Waals surface area contributed by atoms with Crippen molar-refractivity contribution in [1.29, 1.82) is 0 Å². The van der Waals surface area contributed by atoms with Gasteiger partial charge < -0.3 is 25.3 Å². The minimum atomic E-state index is -1.42. The van der Waals surface area contributed by atoms with Gasteiger partial charge in [0.15, 0.2) is 22.6 Å². The van der Waals surface area contributed by atoms with Crippen LogP contribution in [0.3, 0.4) is 0 Å². The zero-order chi connectivity index (χ0) is 22.4. The molecular formula is C20H13N3O8. The molecule has 0 bridgehead atoms. The molecule has 4 rings (SSSR count). The van der Waals surface area contributed by atoms with Gasteiger partial charge in [0.25, 0.3) is 0 Å². The van der Waals surface area contributed by atoms with E-state index in [-0.39, 0.29) is 39.0 Å². The van der Waals surface area contributed by atoms with Crippen LogP contribution in [-0.2, 0) is 4.79 Å². The molecule has 2 aliphatic rings. The van der Waals surface area contributed by atoms with Crippen molar-refractivity contribution in [3.8, 4) is 11.5 Å². The Morgan fingerprint density at radius 2 is 1.87 bits per heavy atom. The monoisotopic (exact) mass is 423 g/mol. The van der Waals surface area contributed by atoms with E-state index in [1.807, 2.05) is 0 Å². The van der Waals surface area contributed by atoms with E-state index in [1.54, 1.807) is 0 Å². The molecule has 1 atom stereocenters. The molecule has 0 spiro atoms. The molecule has 0 unspecified atom stereocenters. The maximum absolute atomic E-state index is 12.6. The molecule has 11 heteroatoms. The van der Waals surface area contributed by atoms with Gasteiger partial charge in [0.2, 0.25) is 5.43 Å². The fraction of sp³-hybridized carbons (Fsp3) is 0.100. The third-order valence-electron chi connectivity index (χ3n) is 4.71. The summed E-state index contributed by atoms with van der Waals surface area (Å²) in [5.41, 5.74) is 3.41. The summed E-state index contributed by atoms with van der Waals surface area (Å²) >= 11 is 0. The van der Waals surface area contributed by atoms with Crippen LogP contribution in [0.2, 0.25) is 0 Å². The summed E-state index contributed by atoms with van der Waals surface area (Å²) < 4.78 is 5.68. The molecule has 31 heavy (non-hydrogen) atoms. The Morgan fingerprint density at radius 1 is 1.13 bits per heavy atom. The van der Waals surface area contributed by atoms with Gasteiger partial charge >= 0.3 is 11.9 Å². The van der Waals surface area contributed by atoms with Crippen molar-refractivity contribution >= 4 is 39.7 Å². The fourth-order valence-electron chi connectivity index (χ4n) is 3.24. The number of Topliss-reactive ketones (excluding diaryl/α,β-unsaturated/α-hetero) is 1. The molecule has 5 N–H and O–H groups in total. The van der Waals surface area contributed by atoms with Crippen LogP contribution in [0.25, 0.3) is 33.5 Å². The van der Waals surface area contributed by atoms with Gasteiger partial charge in [-0.1, -0.05) is 6.07 Å². The summed E-state index contributed by atoms with van der Waals surface area (Å²) in [5.74, 6) is -3.40. The lowest BCUT2D eigenvalue weighted by Crippen LogP contribution is -2.32. The first-order valence-electron chi connectivity index (χ1n) is 8.86. The fourth-order valence-corrected chi connectivity index (χ4v) is 3.24. The van der Waals surface area contributed by atoms with E-state index in [2.05, 4.69) is 9.97 Å². The highest BCUT2D eigenvalue weighted by Crippen LogP contribution is 2.30. The molecule has 2 heterocycles. The van der Waals surface area contributed by atoms with Crippen molar-refractivity contribution in [2.45, 2.75) is 12.5 Å². The summed E-state index contributed by atoms with van der Waals surface area (Å²) in [6.45, 7) is 0. The minimum Gasteiger partial charge on any atom is -0.480 e. The van der Waals surface area contributed by atoms with Gasteiger partial charge in [0.05, 0.1) is 5.39 Å². The van der Waals surface area contributed by atoms with Crippen molar-refractivity contribution in [2.75, 3.05) is 0 Å². The van der Waals surface area contributed by atoms with Crippen LogP contribution in [0.5, 0.6) is 0 Å². The maximum Gasteiger partial charge on any atom is 0.352 e. The number of aromatic carboxylic acids is 1. The van der Waals surface area contributed by atoms with Crippen molar-refractivity contribution < 1.29 is 29.0 Å². The van der Waals surface area contributed by atoms with E-state index in [0.29, 0.717) is 0 Å². The van der Waals surface area contributed by atoms with E-state index in [0.717, 1.165) is 12.1 Å². The van der Waals surface area contributed by atoms with Crippen molar-refractivity contribution in [2.24, 2.45) is 5.73 Å². The van der Waals surface area contributed by atoms with E-state index < -0.39 is 46.7 Å². The molecule has 1 aromatic carbocycles. The van der Waals surface area contributed by atoms with Crippen LogP contribution in [-0.4, -0.2) is 43.9 Å². The number of hydrogen-bond acceptors (Lipinski definition) is 8. The van der Waals surface area contributed by atoms with Gasteiger partial charge in [-0.15, -0.1) is 0 Å². The minimum absolute atomic E-state index is 0.0257. The molecule has 11 nitrogen and oxygen atoms in total. The summed E-state index contributed by atoms with van der Waals surface area (Å²) in [4.78, 5) is 66.6. The number of hydrogen-bond donors (Lipinski definition) is 4. The van der Waals surface area contributed by atoms with Crippen molar-refractivity contribution in [1.82, 2.24) is 9.97 Å². The number of ketones is 1. The molecule has 1 aliphatic heterocycles. The first-order valence-corrected chi connectivity index (χ1v) is 8.86. The van der Waals surface area contributed by atoms with E-state index in [1.165, 1.54) is 18.2 Å². The Kier molecular flexibility index (Phi) is 4.59. The first kappa shape index (κ1) is 19.9. The average Bonchev–Trinajstić information content (AvgIpc) is 2.71. The SMILES string of the molecule is N[C@@H](CC(=O)c1cccc2oc3cc(=O)c4[nH]c(C(=O)O)cc(=O)c4c-3nc12)C(=O)O. The Morgan fingerprint density at radius 3 is 2.55 bits per heavy atom. The molecule has 0 saturated carbocycles. The van der Waals surface area contributed by atoms with Crippen LogP contribution in [0.4, 0.5) is 0 Å². The number of para-hydroxylation sites is 1. The number of benzene rings is 2. The highest BCUT2D eigenvalue weighted by molar-refractivity contribution is 6.08. The summed E-state index contributed by atoms with van der Waals surface area (Å²) in [6.07, 6.45) is -0.489. The van der Waals surface area contributed by atoms with Crippen LogP contribution in [0.15, 0.2) is 44.3 Å². The zero-order valence-corrected chi connectivity index (χ0v) is 15.5. The number of carbonyl (C=O) groups excluding carboxylic acids is 1. The van der Waals surface area contributed by atoms with Crippen LogP contribution in [0.1, 0.15) is 27.3 Å². The van der Waals surface area contributed by atoms with Crippen molar-refractivity contribution in [3.63, 3.8) is 0 Å². The van der Waals surface area contributed by atoms with Gasteiger partial charge in [-0.3, -0.25) is 19.2 Å². The summed E-state index contributed by atoms with van der Waals surface area (Å²) in [5, 5.41) is 17.9. The maximum atomic E-state index is 12.6. The number of nitrogens with one attached hydrogen (secondary N) is 1. The van der Waals surface area contributed by atoms with Gasteiger partial charge in [-0.05, 0) is 12.1 Å². The number of fused-ring (bicyclic) bond motifs is 4. The standard InChI is InChI=1S/C20H13N3O8/c21-8(19(27)28)4-10(24)7-2-1-3-13-16(7)23-18-14(31-13)6-12(26)17-15(18)11(25)5-9(22-17)20(29)30/h1-3,5-6,8H,4,21H2,(H,22,25)(H,27,28)(H,29,30)/t8-/m0/s1. The van der Waals surface area contributed by atoms with Gasteiger partial charge in [-0.25, -0.2) is 9.78 Å². The van der Waals surface area contributed by atoms with E-state index >= 15 is 0 Å². The largest absolute Gasteiger partial charge is 0.480 e. The number of nitrogens with two attached hydrogens (primary N) is 1. The molecule has 1 aliphatic carbocycles. The van der Waals surface area contributed by atoms with Crippen molar-refractivity contribution in [3.05, 3.63) is 62.0 Å². The lowest BCUT2D eigenvalue weighted by molar-refractivity contribution is -0.138. The van der Waals surface area contributed by atoms with Gasteiger partial charge in [0, 0.05) is 24.1 Å². The predicted molar refractivity (Wildman–Crippen MR) is 107 cm³/mol. The quantitative estimate of drug-likeness (QED) is 0.203. The highest BCUT2D eigenvalue weighted by atomic mass is 16.4. The second-order valence-corrected chi connectivity index (χ2v) is 6.76. The van der Waals surface area contributed by atoms with Crippen LogP contribution in [0, 0.1) is 0 Å². The van der Waals surface area contributed by atoms with E-state index in [4.69, 9.17) is 20.4 Å². The number of aromatic nitrogens is 2. The first-order chi connectivity index (χ1) is 14.7.